The molecule has 2 amide bonds. The zero-order chi connectivity index (χ0) is 18.8. The van der Waals surface area contributed by atoms with Crippen molar-refractivity contribution in [1.29, 1.82) is 0 Å². The zero-order valence-corrected chi connectivity index (χ0v) is 14.9. The summed E-state index contributed by atoms with van der Waals surface area (Å²) in [4.78, 5) is 28.2. The molecule has 1 heterocycles. The van der Waals surface area contributed by atoms with Gasteiger partial charge in [-0.05, 0) is 48.9 Å². The number of hydrogen-bond acceptors (Lipinski definition) is 5. The number of amides is 2. The van der Waals surface area contributed by atoms with Crippen LogP contribution >= 0.6 is 0 Å². The monoisotopic (exact) mass is 352 g/mol. The van der Waals surface area contributed by atoms with Crippen molar-refractivity contribution in [2.24, 2.45) is 0 Å². The molecule has 0 aromatic heterocycles. The lowest BCUT2D eigenvalue weighted by Crippen LogP contribution is -2.31. The van der Waals surface area contributed by atoms with Gasteiger partial charge in [-0.15, -0.1) is 0 Å². The van der Waals surface area contributed by atoms with E-state index >= 15 is 0 Å². The van der Waals surface area contributed by atoms with Gasteiger partial charge in [-0.1, -0.05) is 12.1 Å². The van der Waals surface area contributed by atoms with Gasteiger partial charge in [-0.25, -0.2) is 4.90 Å². The summed E-state index contributed by atoms with van der Waals surface area (Å²) in [6.07, 6.45) is 0. The van der Waals surface area contributed by atoms with Crippen molar-refractivity contribution >= 4 is 28.8 Å². The number of aliphatic hydroxyl groups is 1. The average molecular weight is 352 g/mol. The molecule has 3 rings (SSSR count). The molecule has 0 fully saturated rings. The summed E-state index contributed by atoms with van der Waals surface area (Å²) in [6.45, 7) is 2.41. The number of ether oxygens (including phenoxy) is 1. The lowest BCUT2D eigenvalue weighted by molar-refractivity contribution is -0.121. The maximum absolute atomic E-state index is 12.8. The van der Waals surface area contributed by atoms with E-state index in [9.17, 15) is 14.7 Å². The third-order valence-electron chi connectivity index (χ3n) is 4.14. The largest absolute Gasteiger partial charge is 0.502 e. The van der Waals surface area contributed by atoms with Gasteiger partial charge in [0.2, 0.25) is 0 Å². The van der Waals surface area contributed by atoms with Crippen molar-refractivity contribution in [1.82, 2.24) is 0 Å². The average Bonchev–Trinajstić information content (AvgIpc) is 2.85. The second kappa shape index (κ2) is 6.92. The molecule has 1 N–H and O–H groups in total. The highest BCUT2D eigenvalue weighted by Crippen LogP contribution is 2.33. The number of aliphatic hydroxyl groups excluding tert-OH is 1. The van der Waals surface area contributed by atoms with Crippen LogP contribution in [0.3, 0.4) is 0 Å². The molecule has 0 saturated heterocycles. The van der Waals surface area contributed by atoms with E-state index in [-0.39, 0.29) is 5.57 Å². The lowest BCUT2D eigenvalue weighted by Gasteiger charge is -2.17. The third-order valence-corrected chi connectivity index (χ3v) is 4.14. The predicted molar refractivity (Wildman–Crippen MR) is 100 cm³/mol. The molecular weight excluding hydrogens is 332 g/mol. The summed E-state index contributed by atoms with van der Waals surface area (Å²) in [5.74, 6) is -1.16. The SMILES string of the molecule is CCOc1ccc(C2=C(O)C(=O)N(c3ccc(N(C)C)cc3)C2=O)cc1. The minimum absolute atomic E-state index is 0.00488. The van der Waals surface area contributed by atoms with Gasteiger partial charge in [0.05, 0.1) is 17.9 Å². The summed E-state index contributed by atoms with van der Waals surface area (Å²) < 4.78 is 5.37. The molecule has 1 aliphatic rings. The molecule has 134 valence electrons. The van der Waals surface area contributed by atoms with Crippen LogP contribution in [0.5, 0.6) is 5.75 Å². The van der Waals surface area contributed by atoms with E-state index in [1.54, 1.807) is 36.4 Å². The molecule has 2 aromatic rings. The maximum Gasteiger partial charge on any atom is 0.301 e. The van der Waals surface area contributed by atoms with Crippen molar-refractivity contribution in [3.05, 3.63) is 59.9 Å². The summed E-state index contributed by atoms with van der Waals surface area (Å²) >= 11 is 0. The fourth-order valence-corrected chi connectivity index (χ4v) is 2.80. The first-order chi connectivity index (χ1) is 12.4. The molecule has 1 aliphatic heterocycles. The second-order valence-electron chi connectivity index (χ2n) is 6.04. The third kappa shape index (κ3) is 3.01. The first-order valence-corrected chi connectivity index (χ1v) is 8.26. The van der Waals surface area contributed by atoms with Gasteiger partial charge in [0.1, 0.15) is 5.75 Å². The van der Waals surface area contributed by atoms with Crippen LogP contribution in [0.4, 0.5) is 11.4 Å². The maximum atomic E-state index is 12.8. The van der Waals surface area contributed by atoms with E-state index in [4.69, 9.17) is 4.74 Å². The van der Waals surface area contributed by atoms with Crippen LogP contribution in [0, 0.1) is 0 Å². The molecule has 6 heteroatoms. The Balaban J connectivity index is 1.92. The van der Waals surface area contributed by atoms with Gasteiger partial charge >= 0.3 is 5.91 Å². The molecule has 0 bridgehead atoms. The minimum atomic E-state index is -0.725. The Morgan fingerprint density at radius 3 is 2.12 bits per heavy atom. The number of hydrogen-bond donors (Lipinski definition) is 1. The standard InChI is InChI=1S/C20H20N2O4/c1-4-26-16-11-5-13(6-12-16)17-18(23)20(25)22(19(17)24)15-9-7-14(8-10-15)21(2)3/h5-12,23H,4H2,1-3H3. The van der Waals surface area contributed by atoms with Crippen LogP contribution in [-0.4, -0.2) is 37.6 Å². The summed E-state index contributed by atoms with van der Waals surface area (Å²) in [7, 11) is 3.80. The van der Waals surface area contributed by atoms with Crippen LogP contribution in [0.2, 0.25) is 0 Å². The van der Waals surface area contributed by atoms with Crippen molar-refractivity contribution < 1.29 is 19.4 Å². The highest BCUT2D eigenvalue weighted by Gasteiger charge is 2.40. The fourth-order valence-electron chi connectivity index (χ4n) is 2.80. The second-order valence-corrected chi connectivity index (χ2v) is 6.04. The van der Waals surface area contributed by atoms with E-state index in [1.165, 1.54) is 0 Å². The molecule has 0 saturated carbocycles. The van der Waals surface area contributed by atoms with Gasteiger partial charge < -0.3 is 14.7 Å². The van der Waals surface area contributed by atoms with Crippen molar-refractivity contribution in [3.63, 3.8) is 0 Å². The topological polar surface area (TPSA) is 70.1 Å². The minimum Gasteiger partial charge on any atom is -0.502 e. The quantitative estimate of drug-likeness (QED) is 0.838. The van der Waals surface area contributed by atoms with Gasteiger partial charge in [0.15, 0.2) is 5.76 Å². The smallest absolute Gasteiger partial charge is 0.301 e. The highest BCUT2D eigenvalue weighted by atomic mass is 16.5. The zero-order valence-electron chi connectivity index (χ0n) is 14.9. The van der Waals surface area contributed by atoms with E-state index < -0.39 is 17.6 Å². The van der Waals surface area contributed by atoms with Crippen molar-refractivity contribution in [3.8, 4) is 5.75 Å². The van der Waals surface area contributed by atoms with Crippen LogP contribution in [0.15, 0.2) is 54.3 Å². The Morgan fingerprint density at radius 1 is 0.962 bits per heavy atom. The number of nitrogens with zero attached hydrogens (tertiary/aromatic N) is 2. The van der Waals surface area contributed by atoms with Gasteiger partial charge in [-0.3, -0.25) is 9.59 Å². The summed E-state index contributed by atoms with van der Waals surface area (Å²) in [5, 5.41) is 10.3. The lowest BCUT2D eigenvalue weighted by atomic mass is 10.1. The first kappa shape index (κ1) is 17.5. The molecule has 0 aliphatic carbocycles. The molecule has 0 atom stereocenters. The fraction of sp³-hybridized carbons (Fsp3) is 0.200. The van der Waals surface area contributed by atoms with Gasteiger partial charge in [-0.2, -0.15) is 0 Å². The Morgan fingerprint density at radius 2 is 1.58 bits per heavy atom. The Bertz CT molecular complexity index is 868. The Kier molecular flexibility index (Phi) is 4.67. The van der Waals surface area contributed by atoms with Crippen LogP contribution in [0.1, 0.15) is 12.5 Å². The molecular formula is C20H20N2O4. The summed E-state index contributed by atoms with van der Waals surface area (Å²) in [6, 6.07) is 13.7. The van der Waals surface area contributed by atoms with Crippen LogP contribution < -0.4 is 14.5 Å². The molecule has 0 radical (unpaired) electrons. The number of rotatable bonds is 5. The normalized spacial score (nSPS) is 14.2. The summed E-state index contributed by atoms with van der Waals surface area (Å²) in [5.41, 5.74) is 1.82. The number of anilines is 2. The number of carbonyl (C=O) groups excluding carboxylic acids is 2. The molecule has 2 aromatic carbocycles. The highest BCUT2D eigenvalue weighted by molar-refractivity contribution is 6.44. The Hall–Kier alpha value is -3.28. The molecule has 0 spiro atoms. The number of imide groups is 1. The first-order valence-electron chi connectivity index (χ1n) is 8.26. The van der Waals surface area contributed by atoms with E-state index in [2.05, 4.69) is 0 Å². The Labute approximate surface area is 151 Å². The van der Waals surface area contributed by atoms with E-state index in [0.717, 1.165) is 10.6 Å². The van der Waals surface area contributed by atoms with Gasteiger partial charge in [0, 0.05) is 19.8 Å². The van der Waals surface area contributed by atoms with E-state index in [1.807, 2.05) is 38.1 Å². The molecule has 6 nitrogen and oxygen atoms in total. The van der Waals surface area contributed by atoms with Gasteiger partial charge in [0.25, 0.3) is 5.91 Å². The van der Waals surface area contributed by atoms with Crippen LogP contribution in [0.25, 0.3) is 5.57 Å². The predicted octanol–water partition coefficient (Wildman–Crippen LogP) is 2.99. The van der Waals surface area contributed by atoms with Crippen molar-refractivity contribution in [2.75, 3.05) is 30.5 Å². The number of benzene rings is 2. The van der Waals surface area contributed by atoms with E-state index in [0.29, 0.717) is 23.6 Å². The van der Waals surface area contributed by atoms with Crippen LogP contribution in [-0.2, 0) is 9.59 Å². The molecule has 26 heavy (non-hydrogen) atoms. The molecule has 0 unspecified atom stereocenters. The van der Waals surface area contributed by atoms with Crippen molar-refractivity contribution in [2.45, 2.75) is 6.92 Å². The number of carbonyl (C=O) groups is 2.